The minimum atomic E-state index is -0.386. The van der Waals surface area contributed by atoms with Crippen LogP contribution in [0.4, 0.5) is 4.39 Å². The van der Waals surface area contributed by atoms with Gasteiger partial charge in [0.05, 0.1) is 18.8 Å². The normalized spacial score (nSPS) is 16.8. The fourth-order valence-electron chi connectivity index (χ4n) is 2.32. The molecule has 3 rings (SSSR count). The predicted octanol–water partition coefficient (Wildman–Crippen LogP) is 2.97. The molecule has 1 atom stereocenters. The second-order valence-corrected chi connectivity index (χ2v) is 5.80. The van der Waals surface area contributed by atoms with E-state index in [9.17, 15) is 9.18 Å². The first-order valence-electron chi connectivity index (χ1n) is 7.55. The van der Waals surface area contributed by atoms with Crippen molar-refractivity contribution < 1.29 is 18.7 Å². The van der Waals surface area contributed by atoms with Crippen molar-refractivity contribution in [2.45, 2.75) is 19.1 Å². The van der Waals surface area contributed by atoms with Crippen LogP contribution in [-0.4, -0.2) is 30.2 Å². The highest BCUT2D eigenvalue weighted by atomic mass is 35.5. The fraction of sp³-hybridized carbons (Fsp3) is 0.294. The van der Waals surface area contributed by atoms with Gasteiger partial charge >= 0.3 is 0 Å². The van der Waals surface area contributed by atoms with E-state index in [1.807, 2.05) is 0 Å². The Hall–Kier alpha value is -2.18. The molecule has 1 fully saturated rings. The van der Waals surface area contributed by atoms with Gasteiger partial charge < -0.3 is 14.8 Å². The van der Waals surface area contributed by atoms with Crippen LogP contribution in [0.5, 0.6) is 5.88 Å². The lowest BCUT2D eigenvalue weighted by atomic mass is 10.2. The zero-order chi connectivity index (χ0) is 16.9. The number of ether oxygens (including phenoxy) is 2. The van der Waals surface area contributed by atoms with Crippen LogP contribution in [0, 0.1) is 5.82 Å². The van der Waals surface area contributed by atoms with E-state index in [1.165, 1.54) is 18.3 Å². The van der Waals surface area contributed by atoms with Gasteiger partial charge in [0, 0.05) is 24.7 Å². The smallest absolute Gasteiger partial charge is 0.253 e. The molecule has 1 N–H and O–H groups in total. The standard InChI is InChI=1S/C17H16ClFN2O3/c18-14-7-12(9-21-17(14)24-13-5-6-23-10-13)16(22)20-8-11-3-1-2-4-15(11)19/h1-4,7,9,13H,5-6,8,10H2,(H,20,22). The Kier molecular flexibility index (Phi) is 5.27. The topological polar surface area (TPSA) is 60.5 Å². The molecular weight excluding hydrogens is 335 g/mol. The minimum absolute atomic E-state index is 0.0734. The van der Waals surface area contributed by atoms with E-state index >= 15 is 0 Å². The van der Waals surface area contributed by atoms with Gasteiger partial charge in [0.2, 0.25) is 5.88 Å². The molecule has 2 aromatic rings. The van der Waals surface area contributed by atoms with Crippen molar-refractivity contribution >= 4 is 17.5 Å². The fourth-order valence-corrected chi connectivity index (χ4v) is 2.53. The molecule has 1 aromatic heterocycles. The number of hydrogen-bond acceptors (Lipinski definition) is 4. The molecule has 0 radical (unpaired) electrons. The summed E-state index contributed by atoms with van der Waals surface area (Å²) in [4.78, 5) is 16.2. The third kappa shape index (κ3) is 4.01. The molecule has 1 unspecified atom stereocenters. The summed E-state index contributed by atoms with van der Waals surface area (Å²) in [5.74, 6) is -0.474. The first-order chi connectivity index (χ1) is 11.6. The van der Waals surface area contributed by atoms with Crippen molar-refractivity contribution in [1.82, 2.24) is 10.3 Å². The van der Waals surface area contributed by atoms with Crippen LogP contribution in [0.15, 0.2) is 36.5 Å². The van der Waals surface area contributed by atoms with Crippen LogP contribution in [0.3, 0.4) is 0 Å². The molecule has 126 valence electrons. The largest absolute Gasteiger partial charge is 0.471 e. The van der Waals surface area contributed by atoms with Crippen LogP contribution in [0.25, 0.3) is 0 Å². The molecule has 1 aromatic carbocycles. The summed E-state index contributed by atoms with van der Waals surface area (Å²) in [5, 5.41) is 2.89. The first kappa shape index (κ1) is 16.7. The molecule has 1 saturated heterocycles. The van der Waals surface area contributed by atoms with Crippen molar-refractivity contribution in [2.24, 2.45) is 0 Å². The third-order valence-corrected chi connectivity index (χ3v) is 3.90. The number of pyridine rings is 1. The van der Waals surface area contributed by atoms with E-state index in [-0.39, 0.29) is 40.8 Å². The quantitative estimate of drug-likeness (QED) is 0.900. The van der Waals surface area contributed by atoms with Crippen LogP contribution in [-0.2, 0) is 11.3 Å². The van der Waals surface area contributed by atoms with E-state index in [0.29, 0.717) is 18.8 Å². The van der Waals surface area contributed by atoms with Gasteiger partial charge in [-0.15, -0.1) is 0 Å². The molecule has 1 aliphatic rings. The molecule has 24 heavy (non-hydrogen) atoms. The first-order valence-corrected chi connectivity index (χ1v) is 7.93. The van der Waals surface area contributed by atoms with Gasteiger partial charge in [-0.05, 0) is 12.1 Å². The number of carbonyl (C=O) groups is 1. The molecule has 0 aliphatic carbocycles. The predicted molar refractivity (Wildman–Crippen MR) is 86.7 cm³/mol. The van der Waals surface area contributed by atoms with Gasteiger partial charge in [-0.1, -0.05) is 29.8 Å². The summed E-state index contributed by atoms with van der Waals surface area (Å²) >= 11 is 6.13. The Morgan fingerprint density at radius 2 is 2.29 bits per heavy atom. The Morgan fingerprint density at radius 1 is 1.46 bits per heavy atom. The van der Waals surface area contributed by atoms with Crippen LogP contribution in [0.2, 0.25) is 5.02 Å². The molecule has 1 aliphatic heterocycles. The summed E-state index contributed by atoms with van der Waals surface area (Å²) in [6.07, 6.45) is 2.09. The Labute approximate surface area is 143 Å². The van der Waals surface area contributed by atoms with Crippen molar-refractivity contribution in [2.75, 3.05) is 13.2 Å². The molecular formula is C17H16ClFN2O3. The molecule has 2 heterocycles. The summed E-state index contributed by atoms with van der Waals surface area (Å²) in [7, 11) is 0. The van der Waals surface area contributed by atoms with Gasteiger partial charge in [-0.2, -0.15) is 0 Å². The average molecular weight is 351 g/mol. The highest BCUT2D eigenvalue weighted by Gasteiger charge is 2.20. The second kappa shape index (κ2) is 7.59. The molecule has 0 spiro atoms. The Bertz CT molecular complexity index is 736. The van der Waals surface area contributed by atoms with Gasteiger partial charge in [0.25, 0.3) is 5.91 Å². The van der Waals surface area contributed by atoms with E-state index in [1.54, 1.807) is 18.2 Å². The van der Waals surface area contributed by atoms with Crippen molar-refractivity contribution in [1.29, 1.82) is 0 Å². The Balaban J connectivity index is 1.62. The number of nitrogens with one attached hydrogen (secondary N) is 1. The summed E-state index contributed by atoms with van der Waals surface area (Å²) < 4.78 is 24.4. The van der Waals surface area contributed by atoms with Gasteiger partial charge in [0.1, 0.15) is 16.9 Å². The molecule has 0 bridgehead atoms. The van der Waals surface area contributed by atoms with Gasteiger partial charge in [0.15, 0.2) is 0 Å². The molecule has 1 amide bonds. The number of carbonyl (C=O) groups excluding carboxylic acids is 1. The lowest BCUT2D eigenvalue weighted by Crippen LogP contribution is -2.23. The number of benzene rings is 1. The molecule has 0 saturated carbocycles. The third-order valence-electron chi connectivity index (χ3n) is 3.63. The maximum absolute atomic E-state index is 13.5. The summed E-state index contributed by atoms with van der Waals surface area (Å²) in [5.41, 5.74) is 0.692. The van der Waals surface area contributed by atoms with E-state index in [2.05, 4.69) is 10.3 Å². The number of halogens is 2. The summed E-state index contributed by atoms with van der Waals surface area (Å²) in [6.45, 7) is 1.24. The molecule has 7 heteroatoms. The number of rotatable bonds is 5. The summed E-state index contributed by atoms with van der Waals surface area (Å²) in [6, 6.07) is 7.75. The van der Waals surface area contributed by atoms with Crippen LogP contribution < -0.4 is 10.1 Å². The highest BCUT2D eigenvalue weighted by molar-refractivity contribution is 6.32. The number of nitrogens with zero attached hydrogens (tertiary/aromatic N) is 1. The van der Waals surface area contributed by atoms with Crippen molar-refractivity contribution in [3.05, 3.63) is 58.5 Å². The van der Waals surface area contributed by atoms with E-state index in [4.69, 9.17) is 21.1 Å². The van der Waals surface area contributed by atoms with Gasteiger partial charge in [-0.25, -0.2) is 9.37 Å². The molecule has 5 nitrogen and oxygen atoms in total. The van der Waals surface area contributed by atoms with Crippen LogP contribution in [0.1, 0.15) is 22.3 Å². The van der Waals surface area contributed by atoms with Crippen molar-refractivity contribution in [3.63, 3.8) is 0 Å². The minimum Gasteiger partial charge on any atom is -0.471 e. The number of amides is 1. The zero-order valence-corrected chi connectivity index (χ0v) is 13.6. The maximum Gasteiger partial charge on any atom is 0.253 e. The lowest BCUT2D eigenvalue weighted by Gasteiger charge is -2.12. The maximum atomic E-state index is 13.5. The highest BCUT2D eigenvalue weighted by Crippen LogP contribution is 2.25. The number of aromatic nitrogens is 1. The van der Waals surface area contributed by atoms with Crippen LogP contribution >= 0.6 is 11.6 Å². The monoisotopic (exact) mass is 350 g/mol. The zero-order valence-electron chi connectivity index (χ0n) is 12.8. The van der Waals surface area contributed by atoms with E-state index < -0.39 is 0 Å². The van der Waals surface area contributed by atoms with E-state index in [0.717, 1.165) is 6.42 Å². The lowest BCUT2D eigenvalue weighted by molar-refractivity contribution is 0.0950. The SMILES string of the molecule is O=C(NCc1ccccc1F)c1cnc(OC2CCOC2)c(Cl)c1. The van der Waals surface area contributed by atoms with Gasteiger partial charge in [-0.3, -0.25) is 4.79 Å². The average Bonchev–Trinajstić information content (AvgIpc) is 3.09. The van der Waals surface area contributed by atoms with Crippen molar-refractivity contribution in [3.8, 4) is 5.88 Å². The second-order valence-electron chi connectivity index (χ2n) is 5.39. The Morgan fingerprint density at radius 3 is 3.00 bits per heavy atom. The number of hydrogen-bond donors (Lipinski definition) is 1.